The average Bonchev–Trinajstić information content (AvgIpc) is 2.31. The smallest absolute Gasteiger partial charge is 0.240 e. The first-order chi connectivity index (χ1) is 7.81. The van der Waals surface area contributed by atoms with Gasteiger partial charge in [0.25, 0.3) is 0 Å². The molecular weight excluding hydrogens is 211 g/mol. The van der Waals surface area contributed by atoms with Crippen molar-refractivity contribution in [1.29, 1.82) is 0 Å². The van der Waals surface area contributed by atoms with Gasteiger partial charge in [0, 0.05) is 19.2 Å². The van der Waals surface area contributed by atoms with Crippen LogP contribution in [0.25, 0.3) is 0 Å². The van der Waals surface area contributed by atoms with E-state index in [9.17, 15) is 9.18 Å². The van der Waals surface area contributed by atoms with Gasteiger partial charge < -0.3 is 9.64 Å². The summed E-state index contributed by atoms with van der Waals surface area (Å²) < 4.78 is 18.9. The van der Waals surface area contributed by atoms with E-state index in [1.54, 1.807) is 12.1 Å². The van der Waals surface area contributed by atoms with Crippen LogP contribution in [0.1, 0.15) is 0 Å². The predicted octanol–water partition coefficient (Wildman–Crippen LogP) is 1.63. The number of halogens is 1. The lowest BCUT2D eigenvalue weighted by atomic mass is 10.2. The Hall–Kier alpha value is -1.71. The molecule has 5 heteroatoms. The number of isocyanates is 1. The van der Waals surface area contributed by atoms with Gasteiger partial charge in [-0.15, -0.1) is 0 Å². The van der Waals surface area contributed by atoms with Gasteiger partial charge in [-0.25, -0.2) is 9.18 Å². The summed E-state index contributed by atoms with van der Waals surface area (Å²) in [5.41, 5.74) is 0.803. The minimum absolute atomic E-state index is 0.282. The molecule has 0 spiro atoms. The molecule has 0 unspecified atom stereocenters. The molecule has 0 bridgehead atoms. The van der Waals surface area contributed by atoms with Crippen LogP contribution in [0.15, 0.2) is 23.2 Å². The highest BCUT2D eigenvalue weighted by Gasteiger charge is 2.14. The lowest BCUT2D eigenvalue weighted by molar-refractivity contribution is 0.122. The van der Waals surface area contributed by atoms with Gasteiger partial charge in [-0.1, -0.05) is 0 Å². The van der Waals surface area contributed by atoms with Gasteiger partial charge in [0.15, 0.2) is 0 Å². The van der Waals surface area contributed by atoms with Crippen molar-refractivity contribution in [2.45, 2.75) is 0 Å². The maximum atomic E-state index is 13.7. The van der Waals surface area contributed by atoms with Crippen molar-refractivity contribution in [2.75, 3.05) is 31.2 Å². The van der Waals surface area contributed by atoms with Crippen molar-refractivity contribution in [3.63, 3.8) is 0 Å². The second kappa shape index (κ2) is 4.88. The van der Waals surface area contributed by atoms with Crippen LogP contribution in [-0.4, -0.2) is 32.4 Å². The summed E-state index contributed by atoms with van der Waals surface area (Å²) in [5.74, 6) is -0.376. The zero-order valence-corrected chi connectivity index (χ0v) is 8.65. The molecule has 0 aliphatic carbocycles. The van der Waals surface area contributed by atoms with E-state index in [1.165, 1.54) is 12.1 Å². The van der Waals surface area contributed by atoms with Crippen LogP contribution in [0.3, 0.4) is 0 Å². The SMILES string of the molecule is O=C=Nc1ccc(N2CCOCC2)c(F)c1. The van der Waals surface area contributed by atoms with Crippen molar-refractivity contribution in [3.05, 3.63) is 24.0 Å². The molecule has 1 aliphatic rings. The second-order valence-corrected chi connectivity index (χ2v) is 3.44. The molecule has 1 aliphatic heterocycles. The van der Waals surface area contributed by atoms with Gasteiger partial charge in [0.2, 0.25) is 6.08 Å². The van der Waals surface area contributed by atoms with E-state index in [0.717, 1.165) is 0 Å². The number of rotatable bonds is 2. The van der Waals surface area contributed by atoms with Gasteiger partial charge in [-0.05, 0) is 12.1 Å². The Morgan fingerprint density at radius 1 is 1.38 bits per heavy atom. The largest absolute Gasteiger partial charge is 0.378 e. The van der Waals surface area contributed by atoms with Gasteiger partial charge in [-0.2, -0.15) is 4.99 Å². The van der Waals surface area contributed by atoms with Crippen LogP contribution in [-0.2, 0) is 9.53 Å². The summed E-state index contributed by atoms with van der Waals surface area (Å²) in [5, 5.41) is 0. The van der Waals surface area contributed by atoms with E-state index in [1.807, 2.05) is 4.90 Å². The third kappa shape index (κ3) is 2.27. The highest BCUT2D eigenvalue weighted by Crippen LogP contribution is 2.24. The maximum absolute atomic E-state index is 13.7. The molecule has 0 aromatic heterocycles. The van der Waals surface area contributed by atoms with Crippen LogP contribution in [0.4, 0.5) is 15.8 Å². The summed E-state index contributed by atoms with van der Waals surface area (Å²) >= 11 is 0. The average molecular weight is 222 g/mol. The molecule has 1 aromatic carbocycles. The first-order valence-corrected chi connectivity index (χ1v) is 5.01. The second-order valence-electron chi connectivity index (χ2n) is 3.44. The molecule has 1 aromatic rings. The van der Waals surface area contributed by atoms with Crippen LogP contribution < -0.4 is 4.90 Å². The minimum Gasteiger partial charge on any atom is -0.378 e. The molecular formula is C11H11FN2O2. The van der Waals surface area contributed by atoms with E-state index in [4.69, 9.17) is 4.74 Å². The third-order valence-corrected chi connectivity index (χ3v) is 2.46. The minimum atomic E-state index is -0.376. The lowest BCUT2D eigenvalue weighted by Crippen LogP contribution is -2.36. The highest BCUT2D eigenvalue weighted by atomic mass is 19.1. The van der Waals surface area contributed by atoms with Crippen LogP contribution in [0.2, 0.25) is 0 Å². The number of morpholine rings is 1. The standard InChI is InChI=1S/C11H11FN2O2/c12-10-7-9(13-8-15)1-2-11(10)14-3-5-16-6-4-14/h1-2,7H,3-6H2. The van der Waals surface area contributed by atoms with Crippen molar-refractivity contribution >= 4 is 17.5 Å². The van der Waals surface area contributed by atoms with E-state index in [-0.39, 0.29) is 11.5 Å². The Morgan fingerprint density at radius 3 is 2.75 bits per heavy atom. The molecule has 0 saturated carbocycles. The topological polar surface area (TPSA) is 41.9 Å². The zero-order chi connectivity index (χ0) is 11.4. The van der Waals surface area contributed by atoms with E-state index in [0.29, 0.717) is 32.0 Å². The number of aliphatic imine (C=N–C) groups is 1. The first kappa shape index (κ1) is 10.8. The maximum Gasteiger partial charge on any atom is 0.240 e. The molecule has 0 amide bonds. The number of hydrogen-bond acceptors (Lipinski definition) is 4. The third-order valence-electron chi connectivity index (χ3n) is 2.46. The summed E-state index contributed by atoms with van der Waals surface area (Å²) in [6.45, 7) is 2.56. The molecule has 4 nitrogen and oxygen atoms in total. The molecule has 0 radical (unpaired) electrons. The van der Waals surface area contributed by atoms with E-state index >= 15 is 0 Å². The molecule has 2 rings (SSSR count). The fourth-order valence-electron chi connectivity index (χ4n) is 1.68. The Balaban J connectivity index is 2.24. The lowest BCUT2D eigenvalue weighted by Gasteiger charge is -2.29. The number of carbonyl (C=O) groups excluding carboxylic acids is 1. The Morgan fingerprint density at radius 2 is 2.12 bits per heavy atom. The van der Waals surface area contributed by atoms with Gasteiger partial charge >= 0.3 is 0 Å². The fourth-order valence-corrected chi connectivity index (χ4v) is 1.68. The van der Waals surface area contributed by atoms with Crippen molar-refractivity contribution < 1.29 is 13.9 Å². The molecule has 1 fully saturated rings. The van der Waals surface area contributed by atoms with Gasteiger partial charge in [0.1, 0.15) is 5.82 Å². The molecule has 84 valence electrons. The zero-order valence-electron chi connectivity index (χ0n) is 8.65. The summed E-state index contributed by atoms with van der Waals surface area (Å²) in [6, 6.07) is 4.45. The molecule has 1 saturated heterocycles. The normalized spacial score (nSPS) is 15.7. The molecule has 0 N–H and O–H groups in total. The molecule has 16 heavy (non-hydrogen) atoms. The van der Waals surface area contributed by atoms with Crippen LogP contribution in [0.5, 0.6) is 0 Å². The Labute approximate surface area is 92.3 Å². The van der Waals surface area contributed by atoms with Crippen LogP contribution in [0, 0.1) is 5.82 Å². The number of ether oxygens (including phenoxy) is 1. The number of benzene rings is 1. The Bertz CT molecular complexity index is 424. The number of hydrogen-bond donors (Lipinski definition) is 0. The number of nitrogens with zero attached hydrogens (tertiary/aromatic N) is 2. The van der Waals surface area contributed by atoms with Crippen molar-refractivity contribution in [3.8, 4) is 0 Å². The van der Waals surface area contributed by atoms with E-state index in [2.05, 4.69) is 4.99 Å². The van der Waals surface area contributed by atoms with Gasteiger partial charge in [0.05, 0.1) is 24.6 Å². The fraction of sp³-hybridized carbons (Fsp3) is 0.364. The van der Waals surface area contributed by atoms with E-state index < -0.39 is 0 Å². The quantitative estimate of drug-likeness (QED) is 0.564. The van der Waals surface area contributed by atoms with Gasteiger partial charge in [-0.3, -0.25) is 0 Å². The van der Waals surface area contributed by atoms with Crippen molar-refractivity contribution in [2.24, 2.45) is 4.99 Å². The Kier molecular flexibility index (Phi) is 3.29. The monoisotopic (exact) mass is 222 g/mol. The highest BCUT2D eigenvalue weighted by molar-refractivity contribution is 5.57. The number of anilines is 1. The molecule has 1 heterocycles. The summed E-state index contributed by atoms with van der Waals surface area (Å²) in [6.07, 6.45) is 1.38. The summed E-state index contributed by atoms with van der Waals surface area (Å²) in [7, 11) is 0. The van der Waals surface area contributed by atoms with Crippen LogP contribution >= 0.6 is 0 Å². The predicted molar refractivity (Wildman–Crippen MR) is 57.2 cm³/mol. The van der Waals surface area contributed by atoms with Crippen molar-refractivity contribution in [1.82, 2.24) is 0 Å². The molecule has 0 atom stereocenters. The first-order valence-electron chi connectivity index (χ1n) is 5.01. The summed E-state index contributed by atoms with van der Waals surface area (Å²) in [4.78, 5) is 15.3.